The highest BCUT2D eigenvalue weighted by molar-refractivity contribution is 4.43. The Bertz CT molecular complexity index is 199. The maximum Gasteiger partial charge on any atom is -0.0533 e. The van der Waals surface area contributed by atoms with Crippen molar-refractivity contribution in [1.82, 2.24) is 0 Å². The zero-order chi connectivity index (χ0) is 27.1. The Kier molecular flexibility index (Phi) is 61.1. The predicted octanol–water partition coefficient (Wildman–Crippen LogP) is 14.6. The molecular formula is C35H78. The van der Waals surface area contributed by atoms with Gasteiger partial charge in [0.05, 0.1) is 0 Å². The summed E-state index contributed by atoms with van der Waals surface area (Å²) in [7, 11) is 0. The van der Waals surface area contributed by atoms with Crippen molar-refractivity contribution in [3.05, 3.63) is 0 Å². The third-order valence-electron chi connectivity index (χ3n) is 6.58. The minimum Gasteiger partial charge on any atom is -0.0654 e. The van der Waals surface area contributed by atoms with Crippen LogP contribution >= 0.6 is 0 Å². The maximum absolute atomic E-state index is 2.26. The van der Waals surface area contributed by atoms with Gasteiger partial charge in [-0.25, -0.2) is 0 Å². The molecule has 0 aliphatic carbocycles. The van der Waals surface area contributed by atoms with Gasteiger partial charge in [-0.15, -0.1) is 0 Å². The number of rotatable bonds is 23. The molecule has 0 radical (unpaired) electrons. The quantitative estimate of drug-likeness (QED) is 0.123. The minimum atomic E-state index is 1.36. The summed E-state index contributed by atoms with van der Waals surface area (Å²) in [6.07, 6.45) is 38.4. The molecule has 0 amide bonds. The normalized spacial score (nSPS) is 9.94. The van der Waals surface area contributed by atoms with Crippen molar-refractivity contribution in [2.75, 3.05) is 0 Å². The number of hydrogen-bond acceptors (Lipinski definition) is 0. The predicted molar refractivity (Wildman–Crippen MR) is 170 cm³/mol. The summed E-state index contributed by atoms with van der Waals surface area (Å²) < 4.78 is 0. The molecule has 0 aliphatic rings. The molecule has 0 unspecified atom stereocenters. The molecule has 0 fully saturated rings. The van der Waals surface area contributed by atoms with Gasteiger partial charge in [0, 0.05) is 0 Å². The van der Waals surface area contributed by atoms with Gasteiger partial charge in [0.15, 0.2) is 0 Å². The van der Waals surface area contributed by atoms with Gasteiger partial charge in [-0.3, -0.25) is 0 Å². The van der Waals surface area contributed by atoms with Crippen LogP contribution in [0.4, 0.5) is 0 Å². The van der Waals surface area contributed by atoms with Gasteiger partial charge < -0.3 is 0 Å². The van der Waals surface area contributed by atoms with Crippen LogP contribution in [0.1, 0.15) is 229 Å². The van der Waals surface area contributed by atoms with Gasteiger partial charge in [-0.05, 0) is 0 Å². The molecule has 0 nitrogen and oxygen atoms in total. The smallest absolute Gasteiger partial charge is 0.0533 e. The minimum absolute atomic E-state index is 1.36. The van der Waals surface area contributed by atoms with Crippen LogP contribution < -0.4 is 0 Å². The monoisotopic (exact) mass is 499 g/mol. The van der Waals surface area contributed by atoms with Crippen LogP contribution in [-0.2, 0) is 0 Å². The van der Waals surface area contributed by atoms with E-state index in [1.54, 1.807) is 0 Å². The standard InChI is InChI=1S/3C9H20.C8H18/c3*1-3-5-7-9-8-6-4-2;1-3-5-7-8-6-4-2/h3*3-9H2,1-2H3;3-8H2,1-2H3. The fraction of sp³-hybridized carbons (Fsp3) is 1.00. The molecule has 0 heteroatoms. The van der Waals surface area contributed by atoms with E-state index in [2.05, 4.69) is 55.4 Å². The first kappa shape index (κ1) is 42.1. The molecule has 0 bridgehead atoms. The zero-order valence-electron chi connectivity index (χ0n) is 27.1. The van der Waals surface area contributed by atoms with Crippen molar-refractivity contribution >= 4 is 0 Å². The van der Waals surface area contributed by atoms with Crippen LogP contribution in [0.3, 0.4) is 0 Å². The van der Waals surface area contributed by atoms with Crippen LogP contribution in [0.2, 0.25) is 0 Å². The summed E-state index contributed by atoms with van der Waals surface area (Å²) in [6, 6.07) is 0. The largest absolute Gasteiger partial charge is 0.0654 e. The van der Waals surface area contributed by atoms with Crippen molar-refractivity contribution in [2.24, 2.45) is 0 Å². The van der Waals surface area contributed by atoms with Crippen LogP contribution in [0.15, 0.2) is 0 Å². The third-order valence-corrected chi connectivity index (χ3v) is 6.58. The highest BCUT2D eigenvalue weighted by Gasteiger charge is 1.87. The van der Waals surface area contributed by atoms with Gasteiger partial charge in [-0.2, -0.15) is 0 Å². The molecule has 0 spiro atoms. The Morgan fingerprint density at radius 3 is 0.314 bits per heavy atom. The average molecular weight is 499 g/mol. The molecule has 35 heavy (non-hydrogen) atoms. The molecule has 0 saturated heterocycles. The first-order valence-electron chi connectivity index (χ1n) is 17.2. The van der Waals surface area contributed by atoms with Crippen molar-refractivity contribution in [3.8, 4) is 0 Å². The average Bonchev–Trinajstić information content (AvgIpc) is 2.88. The molecule has 0 atom stereocenters. The van der Waals surface area contributed by atoms with E-state index in [0.717, 1.165) is 0 Å². The number of unbranched alkanes of at least 4 members (excludes halogenated alkanes) is 23. The van der Waals surface area contributed by atoms with E-state index in [1.165, 1.54) is 173 Å². The fourth-order valence-corrected chi connectivity index (χ4v) is 3.94. The Morgan fingerprint density at radius 2 is 0.229 bits per heavy atom. The molecule has 0 heterocycles. The second-order valence-corrected chi connectivity index (χ2v) is 10.7. The maximum atomic E-state index is 2.26. The SMILES string of the molecule is CCCCCCCC.CCCCCCCCC.CCCCCCCCC.CCCCCCCCC. The molecule has 0 rings (SSSR count). The Hall–Kier alpha value is 0. The van der Waals surface area contributed by atoms with Gasteiger partial charge in [0.2, 0.25) is 0 Å². The summed E-state index contributed by atoms with van der Waals surface area (Å²) in [4.78, 5) is 0. The Balaban J connectivity index is -0.000000183. The second kappa shape index (κ2) is 50.8. The van der Waals surface area contributed by atoms with Crippen LogP contribution in [0.25, 0.3) is 0 Å². The molecule has 0 aromatic rings. The second-order valence-electron chi connectivity index (χ2n) is 10.7. The molecule has 0 aliphatic heterocycles. The first-order chi connectivity index (χ1) is 17.2. The van der Waals surface area contributed by atoms with Crippen molar-refractivity contribution in [3.63, 3.8) is 0 Å². The fourth-order valence-electron chi connectivity index (χ4n) is 3.94. The highest BCUT2D eigenvalue weighted by atomic mass is 13.9. The summed E-state index contributed by atoms with van der Waals surface area (Å²) in [5.41, 5.74) is 0. The lowest BCUT2D eigenvalue weighted by atomic mass is 10.1. The van der Waals surface area contributed by atoms with Gasteiger partial charge in [-0.1, -0.05) is 229 Å². The van der Waals surface area contributed by atoms with E-state index in [9.17, 15) is 0 Å². The van der Waals surface area contributed by atoms with Gasteiger partial charge >= 0.3 is 0 Å². The molecule has 0 aromatic carbocycles. The molecule has 0 N–H and O–H groups in total. The molecule has 0 aromatic heterocycles. The van der Waals surface area contributed by atoms with Gasteiger partial charge in [0.1, 0.15) is 0 Å². The lowest BCUT2D eigenvalue weighted by Gasteiger charge is -1.96. The van der Waals surface area contributed by atoms with E-state index < -0.39 is 0 Å². The van der Waals surface area contributed by atoms with Crippen molar-refractivity contribution in [1.29, 1.82) is 0 Å². The van der Waals surface area contributed by atoms with Crippen LogP contribution in [0, 0.1) is 0 Å². The number of hydrogen-bond donors (Lipinski definition) is 0. The summed E-state index contributed by atoms with van der Waals surface area (Å²) in [5, 5.41) is 0. The summed E-state index contributed by atoms with van der Waals surface area (Å²) in [5.74, 6) is 0. The Morgan fingerprint density at radius 1 is 0.143 bits per heavy atom. The molecular weight excluding hydrogens is 420 g/mol. The summed E-state index contributed by atoms with van der Waals surface area (Å²) >= 11 is 0. The first-order valence-corrected chi connectivity index (χ1v) is 17.2. The highest BCUT2D eigenvalue weighted by Crippen LogP contribution is 2.07. The van der Waals surface area contributed by atoms with Gasteiger partial charge in [0.25, 0.3) is 0 Å². The third kappa shape index (κ3) is 65.8. The molecule has 0 saturated carbocycles. The lowest BCUT2D eigenvalue weighted by Crippen LogP contribution is -1.76. The summed E-state index contributed by atoms with van der Waals surface area (Å²) in [6.45, 7) is 18.1. The lowest BCUT2D eigenvalue weighted by molar-refractivity contribution is 0.602. The van der Waals surface area contributed by atoms with E-state index >= 15 is 0 Å². The van der Waals surface area contributed by atoms with E-state index in [4.69, 9.17) is 0 Å². The molecule has 218 valence electrons. The van der Waals surface area contributed by atoms with E-state index in [-0.39, 0.29) is 0 Å². The van der Waals surface area contributed by atoms with Crippen LogP contribution in [0.5, 0.6) is 0 Å². The van der Waals surface area contributed by atoms with E-state index in [1.807, 2.05) is 0 Å². The Labute approximate surface area is 228 Å². The van der Waals surface area contributed by atoms with Crippen LogP contribution in [-0.4, -0.2) is 0 Å². The van der Waals surface area contributed by atoms with Crippen molar-refractivity contribution < 1.29 is 0 Å². The zero-order valence-corrected chi connectivity index (χ0v) is 27.1. The van der Waals surface area contributed by atoms with E-state index in [0.29, 0.717) is 0 Å². The van der Waals surface area contributed by atoms with Crippen molar-refractivity contribution in [2.45, 2.75) is 229 Å². The topological polar surface area (TPSA) is 0 Å².